The average molecular weight is 397 g/mol. The maximum atomic E-state index is 12.9. The van der Waals surface area contributed by atoms with E-state index < -0.39 is 28.2 Å². The Kier molecular flexibility index (Phi) is 6.14. The third-order valence-corrected chi connectivity index (χ3v) is 7.01. The predicted octanol–water partition coefficient (Wildman–Crippen LogP) is 2.33. The van der Waals surface area contributed by atoms with Gasteiger partial charge in [-0.2, -0.15) is 0 Å². The minimum Gasteiger partial charge on any atom is -0.452 e. The van der Waals surface area contributed by atoms with Crippen LogP contribution in [0.3, 0.4) is 0 Å². The number of carbonyl (C=O) groups is 2. The molecule has 0 bridgehead atoms. The Balaban J connectivity index is 1.67. The normalized spacial score (nSPS) is 22.3. The molecule has 8 heteroatoms. The van der Waals surface area contributed by atoms with Gasteiger partial charge < -0.3 is 9.64 Å². The van der Waals surface area contributed by atoms with E-state index in [1.807, 2.05) is 0 Å². The van der Waals surface area contributed by atoms with Gasteiger partial charge in [0.1, 0.15) is 5.82 Å². The third kappa shape index (κ3) is 5.06. The number of benzene rings is 1. The predicted molar refractivity (Wildman–Crippen MR) is 97.5 cm³/mol. The van der Waals surface area contributed by atoms with Crippen LogP contribution in [0.2, 0.25) is 0 Å². The van der Waals surface area contributed by atoms with Gasteiger partial charge in [0.2, 0.25) is 0 Å². The van der Waals surface area contributed by atoms with Crippen LogP contribution in [-0.4, -0.2) is 55.4 Å². The minimum atomic E-state index is -3.13. The topological polar surface area (TPSA) is 80.8 Å². The van der Waals surface area contributed by atoms with Crippen molar-refractivity contribution < 1.29 is 27.1 Å². The highest BCUT2D eigenvalue weighted by Crippen LogP contribution is 2.28. The van der Waals surface area contributed by atoms with Gasteiger partial charge in [0.25, 0.3) is 5.91 Å². The maximum absolute atomic E-state index is 12.9. The van der Waals surface area contributed by atoms with Gasteiger partial charge in [0.05, 0.1) is 17.1 Å². The molecule has 0 radical (unpaired) electrons. The molecule has 2 aliphatic rings. The van der Waals surface area contributed by atoms with Crippen LogP contribution in [-0.2, 0) is 19.4 Å². The summed E-state index contributed by atoms with van der Waals surface area (Å²) in [6.07, 6.45) is 5.23. The highest BCUT2D eigenvalue weighted by atomic mass is 32.2. The van der Waals surface area contributed by atoms with Gasteiger partial charge in [0, 0.05) is 12.1 Å². The molecule has 0 spiro atoms. The zero-order valence-electron chi connectivity index (χ0n) is 15.1. The number of carbonyl (C=O) groups excluding carboxylic acids is 2. The smallest absolute Gasteiger partial charge is 0.338 e. The zero-order chi connectivity index (χ0) is 19.4. The summed E-state index contributed by atoms with van der Waals surface area (Å²) in [5.41, 5.74) is 0.164. The third-order valence-electron chi connectivity index (χ3n) is 5.26. The first-order valence-corrected chi connectivity index (χ1v) is 11.1. The van der Waals surface area contributed by atoms with E-state index in [9.17, 15) is 22.4 Å². The molecule has 1 aromatic carbocycles. The molecule has 6 nitrogen and oxygen atoms in total. The Morgan fingerprint density at radius 2 is 1.70 bits per heavy atom. The Morgan fingerprint density at radius 3 is 2.30 bits per heavy atom. The lowest BCUT2D eigenvalue weighted by Crippen LogP contribution is -2.50. The van der Waals surface area contributed by atoms with Crippen LogP contribution in [0.15, 0.2) is 24.3 Å². The lowest BCUT2D eigenvalue weighted by Gasteiger charge is -2.38. The number of hydrogen-bond acceptors (Lipinski definition) is 5. The quantitative estimate of drug-likeness (QED) is 0.713. The van der Waals surface area contributed by atoms with Gasteiger partial charge in [-0.05, 0) is 43.5 Å². The van der Waals surface area contributed by atoms with Gasteiger partial charge in [-0.1, -0.05) is 19.3 Å². The van der Waals surface area contributed by atoms with E-state index in [1.165, 1.54) is 12.1 Å². The SMILES string of the molecule is O=C(OCC(=O)N(C1CCCCC1)[C@H]1CCS(=O)(=O)C1)c1ccc(F)cc1. The largest absolute Gasteiger partial charge is 0.452 e. The summed E-state index contributed by atoms with van der Waals surface area (Å²) in [7, 11) is -3.13. The van der Waals surface area contributed by atoms with E-state index in [0.29, 0.717) is 6.42 Å². The first kappa shape index (κ1) is 19.8. The number of amides is 1. The fourth-order valence-electron chi connectivity index (χ4n) is 3.93. The Hall–Kier alpha value is -1.96. The van der Waals surface area contributed by atoms with Gasteiger partial charge in [-0.15, -0.1) is 0 Å². The van der Waals surface area contributed by atoms with E-state index in [0.717, 1.165) is 44.2 Å². The molecule has 1 saturated heterocycles. The van der Waals surface area contributed by atoms with Gasteiger partial charge >= 0.3 is 5.97 Å². The number of hydrogen-bond donors (Lipinski definition) is 0. The molecule has 1 aliphatic carbocycles. The van der Waals surface area contributed by atoms with Crippen molar-refractivity contribution in [1.82, 2.24) is 4.90 Å². The molecule has 0 unspecified atom stereocenters. The maximum Gasteiger partial charge on any atom is 0.338 e. The number of halogens is 1. The number of sulfone groups is 1. The summed E-state index contributed by atoms with van der Waals surface area (Å²) in [5.74, 6) is -1.47. The molecule has 1 atom stereocenters. The van der Waals surface area contributed by atoms with Crippen molar-refractivity contribution in [1.29, 1.82) is 0 Å². The van der Waals surface area contributed by atoms with Crippen molar-refractivity contribution in [3.8, 4) is 0 Å². The summed E-state index contributed by atoms with van der Waals surface area (Å²) in [6, 6.07) is 4.53. The molecule has 1 saturated carbocycles. The lowest BCUT2D eigenvalue weighted by atomic mass is 9.93. The zero-order valence-corrected chi connectivity index (χ0v) is 15.9. The van der Waals surface area contributed by atoms with Crippen molar-refractivity contribution in [2.75, 3.05) is 18.1 Å². The molecule has 148 valence electrons. The Morgan fingerprint density at radius 1 is 1.04 bits per heavy atom. The summed E-state index contributed by atoms with van der Waals surface area (Å²) >= 11 is 0. The van der Waals surface area contributed by atoms with Gasteiger partial charge in [-0.3, -0.25) is 4.79 Å². The fraction of sp³-hybridized carbons (Fsp3) is 0.579. The van der Waals surface area contributed by atoms with Crippen LogP contribution in [0.4, 0.5) is 4.39 Å². The summed E-state index contributed by atoms with van der Waals surface area (Å²) in [6.45, 7) is -0.441. The molecule has 0 N–H and O–H groups in total. The molecule has 0 aromatic heterocycles. The summed E-state index contributed by atoms with van der Waals surface area (Å²) < 4.78 is 41.8. The van der Waals surface area contributed by atoms with Crippen molar-refractivity contribution >= 4 is 21.7 Å². The average Bonchev–Trinajstić information content (AvgIpc) is 3.00. The molecule has 1 aliphatic heterocycles. The number of rotatable bonds is 5. The minimum absolute atomic E-state index is 0.00549. The highest BCUT2D eigenvalue weighted by molar-refractivity contribution is 7.91. The van der Waals surface area contributed by atoms with Crippen LogP contribution in [0.25, 0.3) is 0 Å². The van der Waals surface area contributed by atoms with E-state index in [4.69, 9.17) is 4.74 Å². The number of ether oxygens (including phenoxy) is 1. The van der Waals surface area contributed by atoms with E-state index in [2.05, 4.69) is 0 Å². The molecule has 3 rings (SSSR count). The fourth-order valence-corrected chi connectivity index (χ4v) is 5.64. The van der Waals surface area contributed by atoms with E-state index in [-0.39, 0.29) is 35.1 Å². The van der Waals surface area contributed by atoms with Gasteiger partial charge in [0.15, 0.2) is 16.4 Å². The van der Waals surface area contributed by atoms with E-state index in [1.54, 1.807) is 4.90 Å². The Labute approximate surface area is 158 Å². The van der Waals surface area contributed by atoms with Crippen LogP contribution in [0.1, 0.15) is 48.9 Å². The second-order valence-electron chi connectivity index (χ2n) is 7.23. The second kappa shape index (κ2) is 8.37. The van der Waals surface area contributed by atoms with Crippen LogP contribution in [0.5, 0.6) is 0 Å². The van der Waals surface area contributed by atoms with Gasteiger partial charge in [-0.25, -0.2) is 17.6 Å². The Bertz CT molecular complexity index is 787. The van der Waals surface area contributed by atoms with Crippen LogP contribution < -0.4 is 0 Å². The molecule has 2 fully saturated rings. The highest BCUT2D eigenvalue weighted by Gasteiger charge is 2.38. The molecule has 1 amide bonds. The molecular weight excluding hydrogens is 373 g/mol. The van der Waals surface area contributed by atoms with Crippen LogP contribution in [0, 0.1) is 5.82 Å². The lowest BCUT2D eigenvalue weighted by molar-refractivity contribution is -0.140. The molecule has 1 heterocycles. The van der Waals surface area contributed by atoms with Crippen molar-refractivity contribution in [2.45, 2.75) is 50.6 Å². The monoisotopic (exact) mass is 397 g/mol. The molecule has 27 heavy (non-hydrogen) atoms. The first-order valence-electron chi connectivity index (χ1n) is 9.30. The molecule has 1 aromatic rings. The van der Waals surface area contributed by atoms with Crippen molar-refractivity contribution in [3.63, 3.8) is 0 Å². The van der Waals surface area contributed by atoms with E-state index >= 15 is 0 Å². The first-order chi connectivity index (χ1) is 12.9. The van der Waals surface area contributed by atoms with Crippen molar-refractivity contribution in [3.05, 3.63) is 35.6 Å². The standard InChI is InChI=1S/C19H24FNO5S/c20-15-8-6-14(7-9-15)19(23)26-12-18(22)21(16-4-2-1-3-5-16)17-10-11-27(24,25)13-17/h6-9,16-17H,1-5,10-13H2/t17-/m0/s1. The summed E-state index contributed by atoms with van der Waals surface area (Å²) in [4.78, 5) is 26.6. The van der Waals surface area contributed by atoms with Crippen LogP contribution >= 0.6 is 0 Å². The molecular formula is C19H24FNO5S. The number of nitrogens with zero attached hydrogens (tertiary/aromatic N) is 1. The summed E-state index contributed by atoms with van der Waals surface area (Å²) in [5, 5.41) is 0. The van der Waals surface area contributed by atoms with Crippen molar-refractivity contribution in [2.24, 2.45) is 0 Å². The number of esters is 1. The second-order valence-corrected chi connectivity index (χ2v) is 9.46.